The number of nitrogens with zero attached hydrogens (tertiary/aromatic N) is 6. The van der Waals surface area contributed by atoms with Crippen LogP contribution in [0.2, 0.25) is 0 Å². The van der Waals surface area contributed by atoms with Crippen LogP contribution in [0.15, 0.2) is 48.9 Å². The Morgan fingerprint density at radius 1 is 0.947 bits per heavy atom. The molecule has 3 aromatic rings. The van der Waals surface area contributed by atoms with Gasteiger partial charge in [0.05, 0.1) is 23.8 Å². The molecule has 0 aromatic carbocycles. The Kier molecular flexibility index (Phi) is 7.69. The van der Waals surface area contributed by atoms with Crippen molar-refractivity contribution in [1.82, 2.24) is 30.8 Å². The molecule has 200 valence electrons. The van der Waals surface area contributed by atoms with Crippen molar-refractivity contribution in [2.24, 2.45) is 0 Å². The number of hydrogen-bond donors (Lipinski definition) is 3. The monoisotopic (exact) mass is 515 g/mol. The first-order valence-electron chi connectivity index (χ1n) is 13.4. The van der Waals surface area contributed by atoms with E-state index in [-0.39, 0.29) is 17.4 Å². The lowest BCUT2D eigenvalue weighted by atomic mass is 9.88. The summed E-state index contributed by atoms with van der Waals surface area (Å²) in [4.78, 5) is 26.4. The Morgan fingerprint density at radius 2 is 1.79 bits per heavy atom. The average Bonchev–Trinajstić information content (AvgIpc) is 2.94. The molecule has 5 heterocycles. The molecule has 38 heavy (non-hydrogen) atoms. The zero-order valence-electron chi connectivity index (χ0n) is 22.4. The summed E-state index contributed by atoms with van der Waals surface area (Å²) in [5.41, 5.74) is 3.65. The fraction of sp³-hybridized carbons (Fsp3) is 0.464. The van der Waals surface area contributed by atoms with Crippen LogP contribution in [0.5, 0.6) is 0 Å². The van der Waals surface area contributed by atoms with E-state index >= 15 is 0 Å². The molecule has 1 amide bonds. The van der Waals surface area contributed by atoms with Crippen molar-refractivity contribution in [2.45, 2.75) is 45.1 Å². The van der Waals surface area contributed by atoms with E-state index in [1.54, 1.807) is 12.4 Å². The molecule has 2 aliphatic rings. The number of pyridine rings is 2. The molecule has 0 aliphatic carbocycles. The van der Waals surface area contributed by atoms with E-state index in [9.17, 15) is 4.79 Å². The summed E-state index contributed by atoms with van der Waals surface area (Å²) >= 11 is 0. The van der Waals surface area contributed by atoms with Gasteiger partial charge in [0.1, 0.15) is 11.5 Å². The van der Waals surface area contributed by atoms with E-state index in [1.807, 2.05) is 30.5 Å². The van der Waals surface area contributed by atoms with Crippen molar-refractivity contribution >= 4 is 28.9 Å². The first kappa shape index (κ1) is 25.8. The number of amides is 1. The van der Waals surface area contributed by atoms with E-state index in [0.29, 0.717) is 18.1 Å². The van der Waals surface area contributed by atoms with Gasteiger partial charge in [0.25, 0.3) is 5.91 Å². The highest BCUT2D eigenvalue weighted by molar-refractivity contribution is 5.92. The van der Waals surface area contributed by atoms with Gasteiger partial charge in [0.15, 0.2) is 5.82 Å². The predicted molar refractivity (Wildman–Crippen MR) is 150 cm³/mol. The molecule has 2 aliphatic heterocycles. The standard InChI is InChI=1S/C28H37N9O/c1-28(2,3)20-6-8-24(30-16-20)27(38)33-21-5-4-12-37(19-21)23-15-26(35-32-18-23)34-25-9-7-22(17-31-25)36-13-10-29-11-14-36/h6-9,15-18,21,29H,4-5,10-14,19H2,1-3H3,(H,33,38)(H,31,34,35). The summed E-state index contributed by atoms with van der Waals surface area (Å²) in [5.74, 6) is 1.23. The third-order valence-electron chi connectivity index (χ3n) is 7.11. The van der Waals surface area contributed by atoms with E-state index in [1.165, 1.54) is 0 Å². The smallest absolute Gasteiger partial charge is 0.270 e. The minimum Gasteiger partial charge on any atom is -0.368 e. The van der Waals surface area contributed by atoms with Crippen LogP contribution in [0.25, 0.3) is 0 Å². The van der Waals surface area contributed by atoms with Crippen molar-refractivity contribution in [3.8, 4) is 0 Å². The van der Waals surface area contributed by atoms with Crippen LogP contribution in [-0.2, 0) is 5.41 Å². The number of piperidine rings is 1. The molecule has 1 unspecified atom stereocenters. The summed E-state index contributed by atoms with van der Waals surface area (Å²) in [5, 5.41) is 18.3. The molecule has 0 saturated carbocycles. The number of rotatable bonds is 6. The lowest BCUT2D eigenvalue weighted by Crippen LogP contribution is -2.48. The summed E-state index contributed by atoms with van der Waals surface area (Å²) in [6.07, 6.45) is 7.36. The van der Waals surface area contributed by atoms with Crippen LogP contribution in [0.3, 0.4) is 0 Å². The van der Waals surface area contributed by atoms with Crippen LogP contribution >= 0.6 is 0 Å². The van der Waals surface area contributed by atoms with Gasteiger partial charge in [-0.2, -0.15) is 5.10 Å². The van der Waals surface area contributed by atoms with Crippen LogP contribution < -0.4 is 25.8 Å². The highest BCUT2D eigenvalue weighted by Crippen LogP contribution is 2.24. The maximum atomic E-state index is 12.9. The van der Waals surface area contributed by atoms with Crippen molar-refractivity contribution in [3.05, 3.63) is 60.2 Å². The van der Waals surface area contributed by atoms with Gasteiger partial charge in [-0.3, -0.25) is 9.78 Å². The highest BCUT2D eigenvalue weighted by atomic mass is 16.1. The molecule has 5 rings (SSSR count). The number of piperazine rings is 1. The summed E-state index contributed by atoms with van der Waals surface area (Å²) in [6.45, 7) is 12.0. The maximum absolute atomic E-state index is 12.9. The van der Waals surface area contributed by atoms with Gasteiger partial charge < -0.3 is 25.8 Å². The number of aromatic nitrogens is 4. The quantitative estimate of drug-likeness (QED) is 0.456. The van der Waals surface area contributed by atoms with Gasteiger partial charge in [0, 0.05) is 57.6 Å². The largest absolute Gasteiger partial charge is 0.368 e. The van der Waals surface area contributed by atoms with E-state index < -0.39 is 0 Å². The van der Waals surface area contributed by atoms with Gasteiger partial charge in [-0.05, 0) is 42.0 Å². The summed E-state index contributed by atoms with van der Waals surface area (Å²) in [6, 6.07) is 9.87. The molecule has 10 nitrogen and oxygen atoms in total. The van der Waals surface area contributed by atoms with Gasteiger partial charge in [0.2, 0.25) is 0 Å². The Morgan fingerprint density at radius 3 is 2.50 bits per heavy atom. The molecule has 0 spiro atoms. The lowest BCUT2D eigenvalue weighted by Gasteiger charge is -2.34. The van der Waals surface area contributed by atoms with Gasteiger partial charge >= 0.3 is 0 Å². The van der Waals surface area contributed by atoms with Crippen molar-refractivity contribution < 1.29 is 4.79 Å². The SMILES string of the molecule is CC(C)(C)c1ccc(C(=O)NC2CCCN(c3cnnc(Nc4ccc(N5CCNCC5)cn4)c3)C2)nc1. The summed E-state index contributed by atoms with van der Waals surface area (Å²) in [7, 11) is 0. The van der Waals surface area contributed by atoms with Gasteiger partial charge in [-0.15, -0.1) is 5.10 Å². The Labute approximate surface area is 224 Å². The predicted octanol–water partition coefficient (Wildman–Crippen LogP) is 3.12. The molecule has 2 saturated heterocycles. The molecular formula is C28H37N9O. The minimum absolute atomic E-state index is 0.00265. The number of hydrogen-bond acceptors (Lipinski definition) is 9. The summed E-state index contributed by atoms with van der Waals surface area (Å²) < 4.78 is 0. The Bertz CT molecular complexity index is 1220. The Hall–Kier alpha value is -3.79. The van der Waals surface area contributed by atoms with Gasteiger partial charge in [-0.1, -0.05) is 26.8 Å². The van der Waals surface area contributed by atoms with Crippen molar-refractivity contribution in [2.75, 3.05) is 54.4 Å². The molecule has 0 bridgehead atoms. The van der Waals surface area contributed by atoms with E-state index in [0.717, 1.165) is 68.3 Å². The lowest BCUT2D eigenvalue weighted by molar-refractivity contribution is 0.0928. The van der Waals surface area contributed by atoms with Crippen LogP contribution in [0, 0.1) is 0 Å². The number of nitrogens with one attached hydrogen (secondary N) is 3. The molecular weight excluding hydrogens is 478 g/mol. The average molecular weight is 516 g/mol. The normalized spacial score (nSPS) is 18.2. The van der Waals surface area contributed by atoms with Crippen LogP contribution in [0.1, 0.15) is 49.7 Å². The first-order valence-corrected chi connectivity index (χ1v) is 13.4. The molecule has 3 N–H and O–H groups in total. The molecule has 1 atom stereocenters. The first-order chi connectivity index (χ1) is 18.3. The molecule has 10 heteroatoms. The molecule has 2 fully saturated rings. The van der Waals surface area contributed by atoms with Crippen LogP contribution in [-0.4, -0.2) is 71.4 Å². The Balaban J connectivity index is 1.19. The molecule has 0 radical (unpaired) electrons. The number of anilines is 4. The van der Waals surface area contributed by atoms with E-state index in [2.05, 4.69) is 72.8 Å². The second-order valence-electron chi connectivity index (χ2n) is 11.0. The van der Waals surface area contributed by atoms with Crippen molar-refractivity contribution in [3.63, 3.8) is 0 Å². The van der Waals surface area contributed by atoms with Crippen molar-refractivity contribution in [1.29, 1.82) is 0 Å². The third kappa shape index (κ3) is 6.36. The maximum Gasteiger partial charge on any atom is 0.270 e. The van der Waals surface area contributed by atoms with E-state index in [4.69, 9.17) is 0 Å². The van der Waals surface area contributed by atoms with Crippen LogP contribution in [0.4, 0.5) is 23.0 Å². The third-order valence-corrected chi connectivity index (χ3v) is 7.11. The fourth-order valence-electron chi connectivity index (χ4n) is 4.85. The topological polar surface area (TPSA) is 111 Å². The highest BCUT2D eigenvalue weighted by Gasteiger charge is 2.24. The molecule has 3 aromatic heterocycles. The second-order valence-corrected chi connectivity index (χ2v) is 11.0. The minimum atomic E-state index is -0.136. The number of carbonyl (C=O) groups excluding carboxylic acids is 1. The fourth-order valence-corrected chi connectivity index (χ4v) is 4.85. The zero-order chi connectivity index (χ0) is 26.5. The second kappa shape index (κ2) is 11.3. The zero-order valence-corrected chi connectivity index (χ0v) is 22.4. The van der Waals surface area contributed by atoms with Gasteiger partial charge in [-0.25, -0.2) is 4.98 Å². The number of carbonyl (C=O) groups is 1.